The average molecular weight is 456 g/mol. The number of nitrogen functional groups attached to an aromatic ring is 1. The van der Waals surface area contributed by atoms with Crippen molar-refractivity contribution in [3.05, 3.63) is 36.2 Å². The lowest BCUT2D eigenvalue weighted by atomic mass is 10.2. The largest absolute Gasteiger partial charge is 0.421 e. The molecule has 1 aromatic heterocycles. The number of nitrogens with zero attached hydrogens (tertiary/aromatic N) is 6. The zero-order valence-corrected chi connectivity index (χ0v) is 18.9. The summed E-state index contributed by atoms with van der Waals surface area (Å²) in [6.45, 7) is 8.07. The monoisotopic (exact) mass is 455 g/mol. The van der Waals surface area contributed by atoms with Crippen molar-refractivity contribution in [1.29, 1.82) is 0 Å². The summed E-state index contributed by atoms with van der Waals surface area (Å²) in [7, 11) is 0. The molecule has 176 valence electrons. The number of anilines is 3. The number of quaternary nitrogens is 1. The van der Waals surface area contributed by atoms with Gasteiger partial charge in [0.25, 0.3) is 0 Å². The molecule has 4 N–H and O–H groups in total. The Morgan fingerprint density at radius 1 is 1.12 bits per heavy atom. The van der Waals surface area contributed by atoms with E-state index >= 15 is 0 Å². The van der Waals surface area contributed by atoms with E-state index in [1.165, 1.54) is 6.33 Å². The third-order valence-electron chi connectivity index (χ3n) is 5.73. The molecule has 2 fully saturated rings. The number of morpholine rings is 1. The number of nitrogens with two attached hydrogens (primary N) is 2. The fraction of sp³-hybridized carbons (Fsp3) is 0.455. The molecule has 2 saturated heterocycles. The Morgan fingerprint density at radius 3 is 2.55 bits per heavy atom. The van der Waals surface area contributed by atoms with Crippen LogP contribution in [-0.2, 0) is 9.57 Å². The minimum absolute atomic E-state index is 0.00843. The number of urea groups is 1. The number of benzene rings is 1. The Morgan fingerprint density at radius 2 is 1.85 bits per heavy atom. The molecule has 0 radical (unpaired) electrons. The summed E-state index contributed by atoms with van der Waals surface area (Å²) in [5.74, 6) is 1.04. The maximum absolute atomic E-state index is 12.8. The molecule has 4 rings (SSSR count). The van der Waals surface area contributed by atoms with Crippen LogP contribution in [0.1, 0.15) is 12.5 Å². The summed E-state index contributed by atoms with van der Waals surface area (Å²) in [6, 6.07) is 8.12. The molecule has 0 aliphatic carbocycles. The summed E-state index contributed by atoms with van der Waals surface area (Å²) < 4.78 is 5.41. The van der Waals surface area contributed by atoms with Gasteiger partial charge in [-0.2, -0.15) is 0 Å². The van der Waals surface area contributed by atoms with Crippen LogP contribution in [0, 0.1) is 0 Å². The van der Waals surface area contributed by atoms with Crippen LogP contribution in [0.4, 0.5) is 27.8 Å². The fourth-order valence-electron chi connectivity index (χ4n) is 3.92. The number of ether oxygens (including phenoxy) is 1. The van der Waals surface area contributed by atoms with Gasteiger partial charge >= 0.3 is 6.03 Å². The minimum Gasteiger partial charge on any atom is -0.396 e. The van der Waals surface area contributed by atoms with E-state index in [4.69, 9.17) is 15.3 Å². The van der Waals surface area contributed by atoms with Crippen LogP contribution < -0.4 is 20.9 Å². The lowest BCUT2D eigenvalue weighted by Gasteiger charge is -2.34. The first-order valence-electron chi connectivity index (χ1n) is 11.2. The van der Waals surface area contributed by atoms with Crippen molar-refractivity contribution in [2.75, 3.05) is 74.6 Å². The third kappa shape index (κ3) is 5.68. The van der Waals surface area contributed by atoms with Gasteiger partial charge in [0.05, 0.1) is 25.0 Å². The van der Waals surface area contributed by atoms with E-state index in [9.17, 15) is 4.79 Å². The SMILES string of the molecule is CCON=Cc1c(N)ncnc1N1CCN(C(=O)[NH2+]c2ccc(N3CCOCC3)cc2)CC1. The molecule has 0 atom stereocenters. The number of amides is 2. The smallest absolute Gasteiger partial charge is 0.396 e. The Labute approximate surface area is 193 Å². The van der Waals surface area contributed by atoms with Gasteiger partial charge in [-0.25, -0.2) is 20.1 Å². The van der Waals surface area contributed by atoms with Gasteiger partial charge in [-0.1, -0.05) is 5.16 Å². The van der Waals surface area contributed by atoms with Crippen molar-refractivity contribution in [3.8, 4) is 0 Å². The van der Waals surface area contributed by atoms with Crippen molar-refractivity contribution in [3.63, 3.8) is 0 Å². The van der Waals surface area contributed by atoms with Crippen molar-refractivity contribution < 1.29 is 19.7 Å². The van der Waals surface area contributed by atoms with E-state index in [0.717, 1.165) is 37.7 Å². The van der Waals surface area contributed by atoms with Gasteiger partial charge in [0.2, 0.25) is 0 Å². The molecule has 1 aromatic carbocycles. The summed E-state index contributed by atoms with van der Waals surface area (Å²) in [5.41, 5.74) is 8.71. The Balaban J connectivity index is 1.33. The first-order chi connectivity index (χ1) is 16.2. The summed E-state index contributed by atoms with van der Waals surface area (Å²) in [4.78, 5) is 32.6. The zero-order valence-electron chi connectivity index (χ0n) is 18.9. The highest BCUT2D eigenvalue weighted by atomic mass is 16.6. The van der Waals surface area contributed by atoms with Gasteiger partial charge in [0.1, 0.15) is 30.3 Å². The van der Waals surface area contributed by atoms with Crippen LogP contribution in [0.3, 0.4) is 0 Å². The maximum Gasteiger partial charge on any atom is 0.421 e. The summed E-state index contributed by atoms with van der Waals surface area (Å²) >= 11 is 0. The predicted octanol–water partition coefficient (Wildman–Crippen LogP) is 0.403. The summed E-state index contributed by atoms with van der Waals surface area (Å²) in [6.07, 6.45) is 2.98. The Hall–Kier alpha value is -3.44. The van der Waals surface area contributed by atoms with Gasteiger partial charge in [0, 0.05) is 57.1 Å². The van der Waals surface area contributed by atoms with Gasteiger partial charge in [-0.3, -0.25) is 4.90 Å². The van der Waals surface area contributed by atoms with Crippen LogP contribution in [0.25, 0.3) is 0 Å². The molecule has 0 saturated carbocycles. The van der Waals surface area contributed by atoms with E-state index < -0.39 is 0 Å². The molecule has 0 bridgehead atoms. The van der Waals surface area contributed by atoms with E-state index in [-0.39, 0.29) is 6.03 Å². The average Bonchev–Trinajstić information content (AvgIpc) is 2.86. The molecular formula is C22H31N8O3+. The molecule has 0 spiro atoms. The highest BCUT2D eigenvalue weighted by Gasteiger charge is 2.26. The number of piperazine rings is 1. The third-order valence-corrected chi connectivity index (χ3v) is 5.73. The lowest BCUT2D eigenvalue weighted by Crippen LogP contribution is -2.86. The minimum atomic E-state index is 0.00843. The highest BCUT2D eigenvalue weighted by Crippen LogP contribution is 2.21. The molecule has 3 heterocycles. The fourth-order valence-corrected chi connectivity index (χ4v) is 3.92. The van der Waals surface area contributed by atoms with Gasteiger partial charge in [-0.15, -0.1) is 0 Å². The number of rotatable bonds is 6. The Kier molecular flexibility index (Phi) is 7.53. The topological polar surface area (TPSA) is 126 Å². The van der Waals surface area contributed by atoms with Gasteiger partial charge in [-0.05, 0) is 19.1 Å². The second-order valence-corrected chi connectivity index (χ2v) is 7.80. The molecule has 2 amide bonds. The number of aromatic nitrogens is 2. The predicted molar refractivity (Wildman–Crippen MR) is 126 cm³/mol. The molecule has 11 nitrogen and oxygen atoms in total. The maximum atomic E-state index is 12.8. The lowest BCUT2D eigenvalue weighted by molar-refractivity contribution is -0.473. The molecule has 0 unspecified atom stereocenters. The molecule has 2 aromatic rings. The number of carbonyl (C=O) groups is 1. The number of carbonyl (C=O) groups excluding carboxylic acids is 1. The van der Waals surface area contributed by atoms with Crippen molar-refractivity contribution in [1.82, 2.24) is 14.9 Å². The van der Waals surface area contributed by atoms with Gasteiger partial charge < -0.3 is 25.1 Å². The molecule has 33 heavy (non-hydrogen) atoms. The van der Waals surface area contributed by atoms with Crippen molar-refractivity contribution in [2.24, 2.45) is 5.16 Å². The summed E-state index contributed by atoms with van der Waals surface area (Å²) in [5, 5.41) is 5.61. The van der Waals surface area contributed by atoms with Crippen molar-refractivity contribution in [2.45, 2.75) is 6.92 Å². The second kappa shape index (κ2) is 10.9. The number of hydrogen-bond acceptors (Lipinski definition) is 9. The highest BCUT2D eigenvalue weighted by molar-refractivity contribution is 5.91. The number of primary amides is 1. The first-order valence-corrected chi connectivity index (χ1v) is 11.2. The number of oxime groups is 1. The van der Waals surface area contributed by atoms with E-state index in [2.05, 4.69) is 37.1 Å². The van der Waals surface area contributed by atoms with Gasteiger partial charge in [0.15, 0.2) is 0 Å². The first kappa shape index (κ1) is 22.7. The Bertz CT molecular complexity index is 955. The number of hydrogen-bond donors (Lipinski definition) is 2. The molecule has 2 aliphatic heterocycles. The zero-order chi connectivity index (χ0) is 23.0. The quantitative estimate of drug-likeness (QED) is 0.364. The van der Waals surface area contributed by atoms with Crippen LogP contribution >= 0.6 is 0 Å². The van der Waals surface area contributed by atoms with E-state index in [1.54, 1.807) is 11.5 Å². The standard InChI is InChI=1S/C22H30N8O3/c1-2-33-26-15-19-20(23)24-16-25-21(19)29-7-9-30(10-8-29)22(31)27-17-3-5-18(6-4-17)28-11-13-32-14-12-28/h3-6,15-16H,2,7-14H2,1H3,(H,27,31)(H2,23,24,25)/p+1. The normalized spacial score (nSPS) is 16.9. The molecule has 2 aliphatic rings. The van der Waals surface area contributed by atoms with Crippen molar-refractivity contribution >= 4 is 35.3 Å². The molecule has 11 heteroatoms. The van der Waals surface area contributed by atoms with Crippen LogP contribution in [0.5, 0.6) is 0 Å². The van der Waals surface area contributed by atoms with E-state index in [0.29, 0.717) is 50.0 Å². The molecular weight excluding hydrogens is 424 g/mol. The van der Waals surface area contributed by atoms with Crippen LogP contribution in [0.2, 0.25) is 0 Å². The van der Waals surface area contributed by atoms with Crippen LogP contribution in [-0.4, -0.2) is 86.2 Å². The van der Waals surface area contributed by atoms with Crippen LogP contribution in [0.15, 0.2) is 35.7 Å². The second-order valence-electron chi connectivity index (χ2n) is 7.80. The van der Waals surface area contributed by atoms with E-state index in [1.807, 2.05) is 24.0 Å².